The molecule has 0 unspecified atom stereocenters. The second-order valence-electron chi connectivity index (χ2n) is 7.33. The van der Waals surface area contributed by atoms with Crippen molar-refractivity contribution in [3.8, 4) is 17.2 Å². The molecule has 0 aliphatic carbocycles. The number of rotatable bonds is 4. The van der Waals surface area contributed by atoms with E-state index < -0.39 is 11.8 Å². The largest absolute Gasteiger partial charge is 0.508 e. The van der Waals surface area contributed by atoms with Gasteiger partial charge in [0.25, 0.3) is 11.8 Å². The van der Waals surface area contributed by atoms with Gasteiger partial charge in [-0.2, -0.15) is 0 Å². The lowest BCUT2D eigenvalue weighted by Gasteiger charge is -2.29. The average Bonchev–Trinajstić information content (AvgIpc) is 3.05. The Hall–Kier alpha value is -3.91. The van der Waals surface area contributed by atoms with E-state index in [9.17, 15) is 14.7 Å². The normalized spacial score (nSPS) is 15.3. The van der Waals surface area contributed by atoms with Crippen molar-refractivity contribution in [2.24, 2.45) is 0 Å². The molecule has 1 fully saturated rings. The highest BCUT2D eigenvalue weighted by atomic mass is 32.1. The molecule has 2 amide bonds. The fourth-order valence-electron chi connectivity index (χ4n) is 3.71. The van der Waals surface area contributed by atoms with E-state index in [-0.39, 0.29) is 16.4 Å². The van der Waals surface area contributed by atoms with E-state index in [4.69, 9.17) is 17.0 Å². The van der Waals surface area contributed by atoms with Crippen molar-refractivity contribution in [2.45, 2.75) is 13.8 Å². The number of amides is 2. The van der Waals surface area contributed by atoms with Crippen LogP contribution in [0, 0.1) is 13.8 Å². The zero-order valence-corrected chi connectivity index (χ0v) is 18.6. The van der Waals surface area contributed by atoms with Crippen molar-refractivity contribution in [1.82, 2.24) is 9.88 Å². The van der Waals surface area contributed by atoms with Crippen LogP contribution in [0.4, 0.5) is 5.69 Å². The topological polar surface area (TPSA) is 83.8 Å². The van der Waals surface area contributed by atoms with E-state index >= 15 is 0 Å². The lowest BCUT2D eigenvalue weighted by molar-refractivity contribution is -0.122. The van der Waals surface area contributed by atoms with Gasteiger partial charge in [-0.25, -0.2) is 0 Å². The van der Waals surface area contributed by atoms with Crippen LogP contribution in [0.15, 0.2) is 60.2 Å². The summed E-state index contributed by atoms with van der Waals surface area (Å²) in [6.45, 7) is 3.84. The molecule has 8 heteroatoms. The number of anilines is 1. The Bertz CT molecular complexity index is 1260. The molecule has 0 bridgehead atoms. The third kappa shape index (κ3) is 3.76. The summed E-state index contributed by atoms with van der Waals surface area (Å²) in [7, 11) is 1.56. The third-order valence-corrected chi connectivity index (χ3v) is 5.59. The quantitative estimate of drug-likeness (QED) is 0.362. The first-order valence-corrected chi connectivity index (χ1v) is 10.2. The smallest absolute Gasteiger partial charge is 0.270 e. The number of carbonyl (C=O) groups excluding carboxylic acids is 2. The highest BCUT2D eigenvalue weighted by Crippen LogP contribution is 2.27. The van der Waals surface area contributed by atoms with Crippen LogP contribution >= 0.6 is 12.2 Å². The lowest BCUT2D eigenvalue weighted by atomic mass is 10.1. The molecule has 1 saturated heterocycles. The average molecular weight is 448 g/mol. The minimum absolute atomic E-state index is 0.0135. The van der Waals surface area contributed by atoms with Crippen LogP contribution in [-0.2, 0) is 9.59 Å². The lowest BCUT2D eigenvalue weighted by Crippen LogP contribution is -2.54. The Kier molecular flexibility index (Phi) is 5.54. The van der Waals surface area contributed by atoms with Crippen molar-refractivity contribution in [1.29, 1.82) is 0 Å². The Morgan fingerprint density at radius 2 is 1.62 bits per heavy atom. The van der Waals surface area contributed by atoms with Gasteiger partial charge in [0.05, 0.1) is 12.8 Å². The Morgan fingerprint density at radius 3 is 2.25 bits per heavy atom. The van der Waals surface area contributed by atoms with E-state index in [1.54, 1.807) is 61.7 Å². The van der Waals surface area contributed by atoms with Gasteiger partial charge in [-0.3, -0.25) is 19.8 Å². The highest BCUT2D eigenvalue weighted by Gasteiger charge is 2.34. The summed E-state index contributed by atoms with van der Waals surface area (Å²) in [6.07, 6.45) is 1.58. The number of hydrogen-bond donors (Lipinski definition) is 2. The zero-order chi connectivity index (χ0) is 23.0. The van der Waals surface area contributed by atoms with Crippen molar-refractivity contribution in [2.75, 3.05) is 12.0 Å². The second-order valence-corrected chi connectivity index (χ2v) is 7.72. The van der Waals surface area contributed by atoms with Crippen molar-refractivity contribution < 1.29 is 19.4 Å². The molecule has 0 saturated carbocycles. The number of ether oxygens (including phenoxy) is 1. The number of benzene rings is 2. The highest BCUT2D eigenvalue weighted by molar-refractivity contribution is 7.80. The fraction of sp³-hybridized carbons (Fsp3) is 0.125. The molecule has 2 heterocycles. The van der Waals surface area contributed by atoms with Crippen molar-refractivity contribution >= 4 is 40.9 Å². The number of hydrogen-bond acceptors (Lipinski definition) is 5. The summed E-state index contributed by atoms with van der Waals surface area (Å²) >= 11 is 5.26. The monoisotopic (exact) mass is 447 g/mol. The van der Waals surface area contributed by atoms with Crippen LogP contribution < -0.4 is 15.0 Å². The molecule has 0 spiro atoms. The van der Waals surface area contributed by atoms with E-state index in [0.29, 0.717) is 11.4 Å². The van der Waals surface area contributed by atoms with Crippen LogP contribution in [0.5, 0.6) is 11.5 Å². The van der Waals surface area contributed by atoms with Gasteiger partial charge >= 0.3 is 0 Å². The summed E-state index contributed by atoms with van der Waals surface area (Å²) in [5, 5.41) is 12.2. The molecule has 32 heavy (non-hydrogen) atoms. The first kappa shape index (κ1) is 21.3. The molecular weight excluding hydrogens is 426 g/mol. The first-order valence-electron chi connectivity index (χ1n) is 9.84. The molecule has 3 aromatic rings. The molecule has 2 N–H and O–H groups in total. The number of methoxy groups -OCH3 is 1. The number of aryl methyl sites for hydroxylation is 1. The second kappa shape index (κ2) is 8.32. The predicted molar refractivity (Wildman–Crippen MR) is 126 cm³/mol. The van der Waals surface area contributed by atoms with Crippen LogP contribution in [-0.4, -0.2) is 33.7 Å². The van der Waals surface area contributed by atoms with Crippen LogP contribution in [0.3, 0.4) is 0 Å². The number of thiocarbonyl (C=S) groups is 1. The molecule has 0 atom stereocenters. The molecule has 1 aliphatic rings. The van der Waals surface area contributed by atoms with Gasteiger partial charge in [0.15, 0.2) is 5.11 Å². The maximum Gasteiger partial charge on any atom is 0.270 e. The summed E-state index contributed by atoms with van der Waals surface area (Å²) in [6, 6.07) is 15.6. The first-order chi connectivity index (χ1) is 15.3. The Labute approximate surface area is 190 Å². The van der Waals surface area contributed by atoms with Crippen molar-refractivity contribution in [3.05, 3.63) is 77.1 Å². The molecule has 7 nitrogen and oxygen atoms in total. The zero-order valence-electron chi connectivity index (χ0n) is 17.7. The Morgan fingerprint density at radius 1 is 1.00 bits per heavy atom. The molecule has 0 radical (unpaired) electrons. The van der Waals surface area contributed by atoms with E-state index in [1.807, 2.05) is 24.5 Å². The summed E-state index contributed by atoms with van der Waals surface area (Å²) < 4.78 is 7.15. The number of carbonyl (C=O) groups is 2. The van der Waals surface area contributed by atoms with Gasteiger partial charge in [0.2, 0.25) is 0 Å². The molecular formula is C24H21N3O4S. The number of nitrogens with zero attached hydrogens (tertiary/aromatic N) is 2. The van der Waals surface area contributed by atoms with Gasteiger partial charge in [-0.1, -0.05) is 0 Å². The molecule has 2 aromatic carbocycles. The minimum atomic E-state index is -0.542. The third-order valence-electron chi connectivity index (χ3n) is 5.31. The van der Waals surface area contributed by atoms with Gasteiger partial charge < -0.3 is 14.4 Å². The maximum absolute atomic E-state index is 13.3. The molecule has 4 rings (SSSR count). The summed E-state index contributed by atoms with van der Waals surface area (Å²) in [4.78, 5) is 27.2. The van der Waals surface area contributed by atoms with Gasteiger partial charge in [-0.05, 0) is 92.3 Å². The van der Waals surface area contributed by atoms with E-state index in [0.717, 1.165) is 22.6 Å². The SMILES string of the molecule is COc1ccc(N2C(=O)/C(=C/c3cc(C)n(-c4ccc(O)cc4)c3C)C(=O)NC2=S)cc1. The molecule has 162 valence electrons. The van der Waals surface area contributed by atoms with Gasteiger partial charge in [0.1, 0.15) is 17.1 Å². The van der Waals surface area contributed by atoms with Gasteiger partial charge in [0, 0.05) is 17.1 Å². The van der Waals surface area contributed by atoms with Gasteiger partial charge in [-0.15, -0.1) is 0 Å². The predicted octanol–water partition coefficient (Wildman–Crippen LogP) is 3.64. The number of aromatic nitrogens is 1. The summed E-state index contributed by atoms with van der Waals surface area (Å²) in [5.74, 6) is -0.222. The standard InChI is InChI=1S/C24H21N3O4S/c1-14-12-16(15(2)26(14)17-4-8-19(28)9-5-17)13-21-22(29)25-24(32)27(23(21)30)18-6-10-20(31-3)11-7-18/h4-13,28H,1-3H3,(H,25,29,32)/b21-13+. The molecule has 1 aliphatic heterocycles. The van der Waals surface area contributed by atoms with Crippen LogP contribution in [0.1, 0.15) is 17.0 Å². The minimum Gasteiger partial charge on any atom is -0.508 e. The molecule has 1 aromatic heterocycles. The van der Waals surface area contributed by atoms with E-state index in [1.165, 1.54) is 4.90 Å². The summed E-state index contributed by atoms with van der Waals surface area (Å²) in [5.41, 5.74) is 3.89. The van der Waals surface area contributed by atoms with E-state index in [2.05, 4.69) is 5.32 Å². The number of nitrogens with one attached hydrogen (secondary N) is 1. The van der Waals surface area contributed by atoms with Crippen LogP contribution in [0.25, 0.3) is 11.8 Å². The van der Waals surface area contributed by atoms with Crippen LogP contribution in [0.2, 0.25) is 0 Å². The Balaban J connectivity index is 1.73. The fourth-order valence-corrected chi connectivity index (χ4v) is 3.99. The number of aromatic hydroxyl groups is 1. The number of phenols is 1. The van der Waals surface area contributed by atoms with Crippen molar-refractivity contribution in [3.63, 3.8) is 0 Å². The number of phenolic OH excluding ortho intramolecular Hbond substituents is 1. The maximum atomic E-state index is 13.3.